The smallest absolute Gasteiger partial charge is 0.290 e. The summed E-state index contributed by atoms with van der Waals surface area (Å²) in [5.74, 6) is 0.357. The lowest BCUT2D eigenvalue weighted by molar-refractivity contribution is -0.137. The SMILES string of the molecule is COCCN1CCC2(CCCN(Cc3ncccc3C)CC2)C1=O.O=CO. The van der Waals surface area contributed by atoms with Crippen LogP contribution in [-0.4, -0.2) is 72.2 Å². The summed E-state index contributed by atoms with van der Waals surface area (Å²) in [7, 11) is 1.69. The molecule has 1 unspecified atom stereocenters. The highest BCUT2D eigenvalue weighted by Crippen LogP contribution is 2.41. The Hall–Kier alpha value is -1.99. The molecule has 150 valence electrons. The Balaban J connectivity index is 0.000000817. The molecule has 1 N–H and O–H groups in total. The van der Waals surface area contributed by atoms with Crippen molar-refractivity contribution in [1.82, 2.24) is 14.8 Å². The molecule has 0 radical (unpaired) electrons. The van der Waals surface area contributed by atoms with Gasteiger partial charge in [0.15, 0.2) is 0 Å². The zero-order chi connectivity index (χ0) is 19.7. The number of methoxy groups -OCH3 is 1. The Morgan fingerprint density at radius 1 is 1.30 bits per heavy atom. The van der Waals surface area contributed by atoms with Crippen molar-refractivity contribution >= 4 is 12.4 Å². The van der Waals surface area contributed by atoms with Crippen LogP contribution in [0.2, 0.25) is 0 Å². The summed E-state index contributed by atoms with van der Waals surface area (Å²) in [4.78, 5) is 30.3. The van der Waals surface area contributed by atoms with Crippen molar-refractivity contribution in [3.63, 3.8) is 0 Å². The van der Waals surface area contributed by atoms with Gasteiger partial charge in [-0.05, 0) is 57.3 Å². The van der Waals surface area contributed by atoms with Crippen LogP contribution in [0, 0.1) is 12.3 Å². The molecule has 3 heterocycles. The van der Waals surface area contributed by atoms with Crippen LogP contribution in [0.25, 0.3) is 0 Å². The minimum absolute atomic E-state index is 0.123. The first-order valence-corrected chi connectivity index (χ1v) is 9.55. The Bertz CT molecular complexity index is 625. The van der Waals surface area contributed by atoms with Crippen molar-refractivity contribution in [2.45, 2.75) is 39.2 Å². The number of rotatable bonds is 5. The molecule has 1 atom stereocenters. The summed E-state index contributed by atoms with van der Waals surface area (Å²) in [6.07, 6.45) is 5.96. The third-order valence-electron chi connectivity index (χ3n) is 5.69. The van der Waals surface area contributed by atoms with E-state index in [4.69, 9.17) is 14.6 Å². The van der Waals surface area contributed by atoms with E-state index >= 15 is 0 Å². The molecule has 0 aliphatic carbocycles. The molecule has 1 aromatic rings. The van der Waals surface area contributed by atoms with E-state index < -0.39 is 0 Å². The van der Waals surface area contributed by atoms with E-state index in [1.807, 2.05) is 17.2 Å². The normalized spacial score (nSPS) is 23.0. The molecule has 1 spiro atoms. The van der Waals surface area contributed by atoms with Crippen LogP contribution in [0.3, 0.4) is 0 Å². The topological polar surface area (TPSA) is 83.0 Å². The second kappa shape index (κ2) is 10.4. The minimum Gasteiger partial charge on any atom is -0.483 e. The summed E-state index contributed by atoms with van der Waals surface area (Å²) >= 11 is 0. The van der Waals surface area contributed by atoms with Crippen molar-refractivity contribution in [1.29, 1.82) is 0 Å². The van der Waals surface area contributed by atoms with Gasteiger partial charge in [-0.1, -0.05) is 6.07 Å². The van der Waals surface area contributed by atoms with Gasteiger partial charge in [0.1, 0.15) is 0 Å². The van der Waals surface area contributed by atoms with Gasteiger partial charge in [-0.2, -0.15) is 0 Å². The van der Waals surface area contributed by atoms with E-state index in [0.29, 0.717) is 12.5 Å². The zero-order valence-corrected chi connectivity index (χ0v) is 16.4. The number of carbonyl (C=O) groups is 2. The third kappa shape index (κ3) is 5.49. The fourth-order valence-corrected chi connectivity index (χ4v) is 4.08. The number of amides is 1. The largest absolute Gasteiger partial charge is 0.483 e. The second-order valence-corrected chi connectivity index (χ2v) is 7.32. The molecule has 2 aliphatic heterocycles. The number of carboxylic acid groups (broad SMARTS) is 1. The maximum absolute atomic E-state index is 12.9. The van der Waals surface area contributed by atoms with Gasteiger partial charge in [0, 0.05) is 32.9 Å². The average Bonchev–Trinajstić information content (AvgIpc) is 2.82. The second-order valence-electron chi connectivity index (χ2n) is 7.32. The van der Waals surface area contributed by atoms with Crippen LogP contribution >= 0.6 is 0 Å². The molecule has 27 heavy (non-hydrogen) atoms. The molecule has 2 fully saturated rings. The molecule has 1 amide bonds. The van der Waals surface area contributed by atoms with Crippen LogP contribution in [0.1, 0.15) is 36.9 Å². The monoisotopic (exact) mass is 377 g/mol. The number of aromatic nitrogens is 1. The number of aryl methyl sites for hydroxylation is 1. The third-order valence-corrected chi connectivity index (χ3v) is 5.69. The van der Waals surface area contributed by atoms with E-state index in [1.54, 1.807) is 7.11 Å². The highest BCUT2D eigenvalue weighted by Gasteiger charge is 2.46. The van der Waals surface area contributed by atoms with Crippen molar-refractivity contribution < 1.29 is 19.4 Å². The minimum atomic E-state index is -0.250. The fraction of sp³-hybridized carbons (Fsp3) is 0.650. The van der Waals surface area contributed by atoms with E-state index in [-0.39, 0.29) is 11.9 Å². The molecule has 3 rings (SSSR count). The number of ether oxygens (including phenoxy) is 1. The van der Waals surface area contributed by atoms with E-state index in [1.165, 1.54) is 5.56 Å². The Morgan fingerprint density at radius 3 is 2.74 bits per heavy atom. The van der Waals surface area contributed by atoms with Gasteiger partial charge in [-0.15, -0.1) is 0 Å². The molecule has 1 aromatic heterocycles. The molecule has 0 saturated carbocycles. The number of pyridine rings is 1. The first-order chi connectivity index (χ1) is 13.1. The predicted octanol–water partition coefficient (Wildman–Crippen LogP) is 1.94. The summed E-state index contributed by atoms with van der Waals surface area (Å²) in [5, 5.41) is 6.89. The molecular formula is C20H31N3O4. The summed E-state index contributed by atoms with van der Waals surface area (Å²) in [6.45, 7) is 7.06. The van der Waals surface area contributed by atoms with Crippen molar-refractivity contribution in [3.05, 3.63) is 29.6 Å². The maximum Gasteiger partial charge on any atom is 0.290 e. The Morgan fingerprint density at radius 2 is 2.04 bits per heavy atom. The van der Waals surface area contributed by atoms with Crippen molar-refractivity contribution in [3.8, 4) is 0 Å². The van der Waals surface area contributed by atoms with Crippen LogP contribution in [-0.2, 0) is 20.9 Å². The van der Waals surface area contributed by atoms with Gasteiger partial charge in [0.25, 0.3) is 6.47 Å². The van der Waals surface area contributed by atoms with Crippen LogP contribution in [0.4, 0.5) is 0 Å². The number of likely N-dealkylation sites (tertiary alicyclic amines) is 2. The summed E-state index contributed by atoms with van der Waals surface area (Å²) in [6, 6.07) is 4.11. The highest BCUT2D eigenvalue weighted by atomic mass is 16.5. The van der Waals surface area contributed by atoms with Gasteiger partial charge < -0.3 is 14.7 Å². The first-order valence-electron chi connectivity index (χ1n) is 9.55. The van der Waals surface area contributed by atoms with Gasteiger partial charge in [0.05, 0.1) is 17.7 Å². The molecule has 7 heteroatoms. The van der Waals surface area contributed by atoms with Crippen LogP contribution < -0.4 is 0 Å². The quantitative estimate of drug-likeness (QED) is 0.790. The average molecular weight is 377 g/mol. The molecule has 2 saturated heterocycles. The molecular weight excluding hydrogens is 346 g/mol. The van der Waals surface area contributed by atoms with Crippen LogP contribution in [0.15, 0.2) is 18.3 Å². The summed E-state index contributed by atoms with van der Waals surface area (Å²) in [5.41, 5.74) is 2.29. The van der Waals surface area contributed by atoms with E-state index in [0.717, 1.165) is 64.1 Å². The molecule has 0 bridgehead atoms. The lowest BCUT2D eigenvalue weighted by Gasteiger charge is -2.26. The van der Waals surface area contributed by atoms with Gasteiger partial charge in [-0.3, -0.25) is 19.5 Å². The van der Waals surface area contributed by atoms with Crippen LogP contribution in [0.5, 0.6) is 0 Å². The standard InChI is InChI=1S/C19H29N3O2.CH2O2/c1-16-5-3-9-20-17(16)15-21-10-4-6-19(7-11-21)8-12-22(18(19)23)13-14-24-2;2-1-3/h3,5,9H,4,6-8,10-15H2,1-2H3;1H,(H,2,3). The summed E-state index contributed by atoms with van der Waals surface area (Å²) < 4.78 is 5.14. The zero-order valence-electron chi connectivity index (χ0n) is 16.4. The van der Waals surface area contributed by atoms with E-state index in [2.05, 4.69) is 22.9 Å². The predicted molar refractivity (Wildman–Crippen MR) is 102 cm³/mol. The lowest BCUT2D eigenvalue weighted by atomic mass is 9.79. The highest BCUT2D eigenvalue weighted by molar-refractivity contribution is 5.84. The lowest BCUT2D eigenvalue weighted by Crippen LogP contribution is -2.37. The molecule has 7 nitrogen and oxygen atoms in total. The molecule has 0 aromatic carbocycles. The fourth-order valence-electron chi connectivity index (χ4n) is 4.08. The van der Waals surface area contributed by atoms with Crippen molar-refractivity contribution in [2.75, 3.05) is 39.9 Å². The maximum atomic E-state index is 12.9. The first kappa shape index (κ1) is 21.3. The van der Waals surface area contributed by atoms with Gasteiger partial charge in [0.2, 0.25) is 5.91 Å². The van der Waals surface area contributed by atoms with Gasteiger partial charge >= 0.3 is 0 Å². The number of nitrogens with zero attached hydrogens (tertiary/aromatic N) is 3. The number of hydrogen-bond acceptors (Lipinski definition) is 5. The number of carbonyl (C=O) groups excluding carboxylic acids is 1. The van der Waals surface area contributed by atoms with Gasteiger partial charge in [-0.25, -0.2) is 0 Å². The Labute approximate surface area is 161 Å². The number of hydrogen-bond donors (Lipinski definition) is 1. The van der Waals surface area contributed by atoms with Crippen molar-refractivity contribution in [2.24, 2.45) is 5.41 Å². The Kier molecular flexibility index (Phi) is 8.19. The van der Waals surface area contributed by atoms with E-state index in [9.17, 15) is 4.79 Å². The molecule has 2 aliphatic rings.